The maximum Gasteiger partial charge on any atom is 0.338 e. The number of hydrogen-bond donors (Lipinski definition) is 0. The van der Waals surface area contributed by atoms with E-state index in [1.165, 1.54) is 10.5 Å². The Balaban J connectivity index is 2.06. The first-order chi connectivity index (χ1) is 9.19. The third-order valence-corrected chi connectivity index (χ3v) is 3.64. The molecule has 0 spiro atoms. The van der Waals surface area contributed by atoms with Gasteiger partial charge in [-0.05, 0) is 50.2 Å². The highest BCUT2D eigenvalue weighted by Crippen LogP contribution is 2.27. The summed E-state index contributed by atoms with van der Waals surface area (Å²) in [5, 5.41) is 0. The smallest absolute Gasteiger partial charge is 0.338 e. The van der Waals surface area contributed by atoms with Crippen molar-refractivity contribution in [3.63, 3.8) is 0 Å². The molecule has 2 aromatic rings. The Labute approximate surface area is 117 Å². The average molecular weight is 272 g/mol. The van der Waals surface area contributed by atoms with E-state index >= 15 is 0 Å². The number of hydrogen-bond acceptors (Lipinski definition) is 3. The number of ether oxygens (including phenoxy) is 1. The van der Waals surface area contributed by atoms with Crippen LogP contribution >= 0.6 is 11.8 Å². The van der Waals surface area contributed by atoms with E-state index in [4.69, 9.17) is 4.74 Å². The maximum atomic E-state index is 11.5. The van der Waals surface area contributed by atoms with Crippen LogP contribution in [-0.2, 0) is 4.74 Å². The Kier molecular flexibility index (Phi) is 4.63. The van der Waals surface area contributed by atoms with Crippen LogP contribution in [0.4, 0.5) is 0 Å². The Morgan fingerprint density at radius 2 is 1.53 bits per heavy atom. The van der Waals surface area contributed by atoms with E-state index < -0.39 is 0 Å². The fourth-order valence-electron chi connectivity index (χ4n) is 1.62. The minimum absolute atomic E-state index is 0.269. The summed E-state index contributed by atoms with van der Waals surface area (Å²) in [6.07, 6.45) is 0. The Hall–Kier alpha value is -1.74. The molecule has 2 aromatic carbocycles. The zero-order valence-corrected chi connectivity index (χ0v) is 11.9. The fraction of sp³-hybridized carbons (Fsp3) is 0.188. The van der Waals surface area contributed by atoms with E-state index in [0.29, 0.717) is 12.2 Å². The van der Waals surface area contributed by atoms with Gasteiger partial charge in [-0.15, -0.1) is 0 Å². The van der Waals surface area contributed by atoms with Crippen molar-refractivity contribution in [2.45, 2.75) is 23.6 Å². The van der Waals surface area contributed by atoms with Crippen molar-refractivity contribution < 1.29 is 9.53 Å². The molecule has 0 bridgehead atoms. The van der Waals surface area contributed by atoms with Gasteiger partial charge in [-0.25, -0.2) is 4.79 Å². The van der Waals surface area contributed by atoms with Crippen LogP contribution in [0.5, 0.6) is 0 Å². The number of rotatable bonds is 4. The Morgan fingerprint density at radius 3 is 2.05 bits per heavy atom. The minimum atomic E-state index is -0.269. The van der Waals surface area contributed by atoms with Gasteiger partial charge in [0.2, 0.25) is 0 Å². The van der Waals surface area contributed by atoms with Crippen LogP contribution in [-0.4, -0.2) is 12.6 Å². The predicted octanol–water partition coefficient (Wildman–Crippen LogP) is 4.32. The van der Waals surface area contributed by atoms with Gasteiger partial charge >= 0.3 is 5.97 Å². The van der Waals surface area contributed by atoms with Gasteiger partial charge in [0.25, 0.3) is 0 Å². The van der Waals surface area contributed by atoms with Gasteiger partial charge in [0, 0.05) is 9.79 Å². The Bertz CT molecular complexity index is 544. The lowest BCUT2D eigenvalue weighted by Crippen LogP contribution is -2.03. The van der Waals surface area contributed by atoms with Gasteiger partial charge in [-0.2, -0.15) is 0 Å². The summed E-state index contributed by atoms with van der Waals surface area (Å²) in [4.78, 5) is 13.8. The lowest BCUT2D eigenvalue weighted by Gasteiger charge is -2.04. The van der Waals surface area contributed by atoms with Crippen molar-refractivity contribution in [1.82, 2.24) is 0 Å². The van der Waals surface area contributed by atoms with Gasteiger partial charge < -0.3 is 4.74 Å². The van der Waals surface area contributed by atoms with Crippen molar-refractivity contribution >= 4 is 17.7 Å². The lowest BCUT2D eigenvalue weighted by molar-refractivity contribution is 0.0526. The standard InChI is InChI=1S/C16H16O2S/c1-3-18-16(17)13-6-10-15(11-7-13)19-14-8-4-12(2)5-9-14/h4-11H,3H2,1-2H3. The molecule has 19 heavy (non-hydrogen) atoms. The lowest BCUT2D eigenvalue weighted by atomic mass is 10.2. The summed E-state index contributed by atoms with van der Waals surface area (Å²) in [6, 6.07) is 15.9. The molecule has 2 nitrogen and oxygen atoms in total. The molecule has 0 N–H and O–H groups in total. The van der Waals surface area contributed by atoms with Crippen molar-refractivity contribution in [3.05, 3.63) is 59.7 Å². The first-order valence-electron chi connectivity index (χ1n) is 6.21. The zero-order valence-electron chi connectivity index (χ0n) is 11.1. The highest BCUT2D eigenvalue weighted by Gasteiger charge is 2.05. The van der Waals surface area contributed by atoms with Crippen molar-refractivity contribution in [3.8, 4) is 0 Å². The number of carbonyl (C=O) groups is 1. The molecule has 0 aliphatic rings. The number of esters is 1. The van der Waals surface area contributed by atoms with Crippen molar-refractivity contribution in [2.75, 3.05) is 6.61 Å². The first-order valence-corrected chi connectivity index (χ1v) is 7.02. The zero-order chi connectivity index (χ0) is 13.7. The van der Waals surface area contributed by atoms with Crippen LogP contribution in [0.25, 0.3) is 0 Å². The van der Waals surface area contributed by atoms with Crippen LogP contribution in [0.15, 0.2) is 58.3 Å². The molecule has 0 atom stereocenters. The fourth-order valence-corrected chi connectivity index (χ4v) is 2.43. The van der Waals surface area contributed by atoms with Crippen molar-refractivity contribution in [2.24, 2.45) is 0 Å². The summed E-state index contributed by atoms with van der Waals surface area (Å²) < 4.78 is 4.95. The monoisotopic (exact) mass is 272 g/mol. The topological polar surface area (TPSA) is 26.3 Å². The van der Waals surface area contributed by atoms with Crippen molar-refractivity contribution in [1.29, 1.82) is 0 Å². The van der Waals surface area contributed by atoms with Crippen LogP contribution in [0.1, 0.15) is 22.8 Å². The van der Waals surface area contributed by atoms with E-state index in [9.17, 15) is 4.79 Å². The molecule has 0 fully saturated rings. The minimum Gasteiger partial charge on any atom is -0.462 e. The first kappa shape index (κ1) is 13.7. The molecule has 0 saturated heterocycles. The van der Waals surface area contributed by atoms with Gasteiger partial charge in [-0.3, -0.25) is 0 Å². The van der Waals surface area contributed by atoms with E-state index in [2.05, 4.69) is 31.2 Å². The molecule has 0 radical (unpaired) electrons. The second-order valence-corrected chi connectivity index (χ2v) is 5.31. The van der Waals surface area contributed by atoms with Gasteiger partial charge in [0.05, 0.1) is 12.2 Å². The molecule has 0 unspecified atom stereocenters. The normalized spacial score (nSPS) is 10.2. The summed E-state index contributed by atoms with van der Waals surface area (Å²) in [6.45, 7) is 4.28. The van der Waals surface area contributed by atoms with Gasteiger partial charge in [0.15, 0.2) is 0 Å². The summed E-state index contributed by atoms with van der Waals surface area (Å²) >= 11 is 1.68. The van der Waals surface area contributed by atoms with Crippen LogP contribution in [0.3, 0.4) is 0 Å². The summed E-state index contributed by atoms with van der Waals surface area (Å²) in [7, 11) is 0. The maximum absolute atomic E-state index is 11.5. The molecule has 98 valence electrons. The molecule has 3 heteroatoms. The molecule has 0 heterocycles. The van der Waals surface area contributed by atoms with Gasteiger partial charge in [0.1, 0.15) is 0 Å². The molecule has 0 aliphatic heterocycles. The second kappa shape index (κ2) is 6.43. The molecule has 0 aliphatic carbocycles. The molecule has 2 rings (SSSR count). The average Bonchev–Trinajstić information content (AvgIpc) is 2.42. The number of benzene rings is 2. The third-order valence-electron chi connectivity index (χ3n) is 2.62. The summed E-state index contributed by atoms with van der Waals surface area (Å²) in [5.74, 6) is -0.269. The van der Waals surface area contributed by atoms with Gasteiger partial charge in [-0.1, -0.05) is 29.5 Å². The highest BCUT2D eigenvalue weighted by molar-refractivity contribution is 7.99. The third kappa shape index (κ3) is 3.86. The van der Waals surface area contributed by atoms with E-state index in [1.807, 2.05) is 12.1 Å². The van der Waals surface area contributed by atoms with Crippen LogP contribution in [0.2, 0.25) is 0 Å². The highest BCUT2D eigenvalue weighted by atomic mass is 32.2. The molecule has 0 amide bonds. The van der Waals surface area contributed by atoms with E-state index in [-0.39, 0.29) is 5.97 Å². The largest absolute Gasteiger partial charge is 0.462 e. The van der Waals surface area contributed by atoms with E-state index in [1.54, 1.807) is 30.8 Å². The molecular weight excluding hydrogens is 256 g/mol. The second-order valence-electron chi connectivity index (χ2n) is 4.16. The molecule has 0 saturated carbocycles. The predicted molar refractivity (Wildman–Crippen MR) is 77.7 cm³/mol. The van der Waals surface area contributed by atoms with Crippen LogP contribution in [0, 0.1) is 6.92 Å². The Morgan fingerprint density at radius 1 is 1.00 bits per heavy atom. The molecular formula is C16H16O2S. The summed E-state index contributed by atoms with van der Waals surface area (Å²) in [5.41, 5.74) is 1.84. The quantitative estimate of drug-likeness (QED) is 0.775. The number of aryl methyl sites for hydroxylation is 1. The number of carbonyl (C=O) groups excluding carboxylic acids is 1. The molecule has 0 aromatic heterocycles. The SMILES string of the molecule is CCOC(=O)c1ccc(Sc2ccc(C)cc2)cc1. The van der Waals surface area contributed by atoms with Crippen LogP contribution < -0.4 is 0 Å². The van der Waals surface area contributed by atoms with E-state index in [0.717, 1.165) is 4.90 Å².